The van der Waals surface area contributed by atoms with Crippen LogP contribution in [0.25, 0.3) is 10.9 Å². The molecule has 0 saturated heterocycles. The van der Waals surface area contributed by atoms with E-state index in [4.69, 9.17) is 4.74 Å². The predicted octanol–water partition coefficient (Wildman–Crippen LogP) is 1.99. The number of carbonyl (C=O) groups is 1. The molecule has 0 atom stereocenters. The first-order chi connectivity index (χ1) is 13.2. The summed E-state index contributed by atoms with van der Waals surface area (Å²) in [6.07, 6.45) is 1.97. The summed E-state index contributed by atoms with van der Waals surface area (Å²) in [7, 11) is 1.62. The highest BCUT2D eigenvalue weighted by molar-refractivity contribution is 5.78. The Morgan fingerprint density at radius 2 is 1.93 bits per heavy atom. The van der Waals surface area contributed by atoms with Crippen molar-refractivity contribution in [3.8, 4) is 5.75 Å². The first kappa shape index (κ1) is 17.2. The lowest BCUT2D eigenvalue weighted by atomic mass is 10.2. The Balaban J connectivity index is 1.54. The molecule has 1 amide bonds. The van der Waals surface area contributed by atoms with Crippen LogP contribution in [0.1, 0.15) is 18.4 Å². The number of carbonyl (C=O) groups excluding carboxylic acids is 1. The van der Waals surface area contributed by atoms with Crippen LogP contribution in [0.5, 0.6) is 5.75 Å². The summed E-state index contributed by atoms with van der Waals surface area (Å²) in [5.74, 6) is 0.654. The molecule has 1 aliphatic carbocycles. The second kappa shape index (κ2) is 7.19. The van der Waals surface area contributed by atoms with Gasteiger partial charge >= 0.3 is 0 Å². The quantitative estimate of drug-likeness (QED) is 0.668. The second-order valence-electron chi connectivity index (χ2n) is 6.67. The molecular formula is C20H20N4O3. The number of nitrogens with zero attached hydrogens (tertiary/aromatic N) is 4. The van der Waals surface area contributed by atoms with Gasteiger partial charge in [0.1, 0.15) is 17.8 Å². The second-order valence-corrected chi connectivity index (χ2v) is 6.67. The minimum absolute atomic E-state index is 0.108. The van der Waals surface area contributed by atoms with Crippen LogP contribution in [0.4, 0.5) is 0 Å². The zero-order chi connectivity index (χ0) is 18.8. The number of hydrogen-bond acceptors (Lipinski definition) is 5. The van der Waals surface area contributed by atoms with Crippen LogP contribution in [0.15, 0.2) is 53.3 Å². The highest BCUT2D eigenvalue weighted by Crippen LogP contribution is 2.29. The highest BCUT2D eigenvalue weighted by atomic mass is 16.5. The van der Waals surface area contributed by atoms with Gasteiger partial charge in [-0.1, -0.05) is 29.5 Å². The molecule has 1 saturated carbocycles. The van der Waals surface area contributed by atoms with Crippen molar-refractivity contribution in [2.45, 2.75) is 32.0 Å². The molecule has 0 radical (unpaired) electrons. The molecule has 0 unspecified atom stereocenters. The number of rotatable bonds is 6. The summed E-state index contributed by atoms with van der Waals surface area (Å²) < 4.78 is 6.32. The Bertz CT molecular complexity index is 1030. The largest absolute Gasteiger partial charge is 0.497 e. The fraction of sp³-hybridized carbons (Fsp3) is 0.300. The average Bonchev–Trinajstić information content (AvgIpc) is 3.54. The van der Waals surface area contributed by atoms with Crippen LogP contribution in [0.2, 0.25) is 0 Å². The van der Waals surface area contributed by atoms with Gasteiger partial charge in [0.2, 0.25) is 5.91 Å². The Kier molecular flexibility index (Phi) is 4.58. The molecule has 1 fully saturated rings. The van der Waals surface area contributed by atoms with Gasteiger partial charge in [-0.25, -0.2) is 4.68 Å². The first-order valence-electron chi connectivity index (χ1n) is 8.90. The van der Waals surface area contributed by atoms with Gasteiger partial charge in [0.25, 0.3) is 5.56 Å². The maximum Gasteiger partial charge on any atom is 0.278 e. The molecule has 1 heterocycles. The normalized spacial score (nSPS) is 13.5. The maximum atomic E-state index is 12.9. The molecule has 0 aliphatic heterocycles. The van der Waals surface area contributed by atoms with Crippen molar-refractivity contribution < 1.29 is 9.53 Å². The molecule has 2 aromatic carbocycles. The van der Waals surface area contributed by atoms with Gasteiger partial charge < -0.3 is 9.64 Å². The molecule has 3 aromatic rings. The molecule has 0 spiro atoms. The summed E-state index contributed by atoms with van der Waals surface area (Å²) in [5, 5.41) is 8.44. The van der Waals surface area contributed by atoms with Crippen LogP contribution in [0.3, 0.4) is 0 Å². The van der Waals surface area contributed by atoms with E-state index in [0.717, 1.165) is 28.8 Å². The van der Waals surface area contributed by atoms with Crippen molar-refractivity contribution in [3.63, 3.8) is 0 Å². The zero-order valence-electron chi connectivity index (χ0n) is 15.0. The van der Waals surface area contributed by atoms with Gasteiger partial charge in [0.05, 0.1) is 12.5 Å². The lowest BCUT2D eigenvalue weighted by Gasteiger charge is -2.22. The molecule has 4 rings (SSSR count). The van der Waals surface area contributed by atoms with E-state index >= 15 is 0 Å². The summed E-state index contributed by atoms with van der Waals surface area (Å²) in [6.45, 7) is 0.395. The topological polar surface area (TPSA) is 77.3 Å². The van der Waals surface area contributed by atoms with Crippen molar-refractivity contribution >= 4 is 16.8 Å². The fourth-order valence-electron chi connectivity index (χ4n) is 3.08. The number of ether oxygens (including phenoxy) is 1. The Labute approximate surface area is 156 Å². The number of benzene rings is 2. The Morgan fingerprint density at radius 1 is 1.19 bits per heavy atom. The van der Waals surface area contributed by atoms with Gasteiger partial charge in [0.15, 0.2) is 0 Å². The SMILES string of the molecule is COc1ccc(CN(C(=O)Cn2nnc3ccccc3c2=O)C2CC2)cc1. The van der Waals surface area contributed by atoms with E-state index in [0.29, 0.717) is 17.4 Å². The van der Waals surface area contributed by atoms with Gasteiger partial charge in [-0.05, 0) is 42.7 Å². The van der Waals surface area contributed by atoms with E-state index in [1.165, 1.54) is 0 Å². The van der Waals surface area contributed by atoms with Gasteiger partial charge in [-0.3, -0.25) is 9.59 Å². The lowest BCUT2D eigenvalue weighted by molar-refractivity contribution is -0.133. The van der Waals surface area contributed by atoms with Crippen LogP contribution in [-0.4, -0.2) is 39.0 Å². The van der Waals surface area contributed by atoms with E-state index in [9.17, 15) is 9.59 Å². The van der Waals surface area contributed by atoms with Gasteiger partial charge in [-0.15, -0.1) is 5.10 Å². The number of aromatic nitrogens is 3. The third kappa shape index (κ3) is 3.67. The van der Waals surface area contributed by atoms with E-state index in [1.54, 1.807) is 31.4 Å². The highest BCUT2D eigenvalue weighted by Gasteiger charge is 2.32. The third-order valence-corrected chi connectivity index (χ3v) is 4.73. The minimum Gasteiger partial charge on any atom is -0.497 e. The van der Waals surface area contributed by atoms with Crippen LogP contribution < -0.4 is 10.3 Å². The van der Waals surface area contributed by atoms with E-state index < -0.39 is 0 Å². The minimum atomic E-state index is -0.297. The third-order valence-electron chi connectivity index (χ3n) is 4.73. The first-order valence-corrected chi connectivity index (χ1v) is 8.90. The number of hydrogen-bond donors (Lipinski definition) is 0. The van der Waals surface area contributed by atoms with Crippen LogP contribution in [-0.2, 0) is 17.9 Å². The summed E-state index contributed by atoms with van der Waals surface area (Å²) in [6, 6.07) is 14.9. The number of fused-ring (bicyclic) bond motifs is 1. The molecule has 7 nitrogen and oxygen atoms in total. The fourth-order valence-corrected chi connectivity index (χ4v) is 3.08. The van der Waals surface area contributed by atoms with Crippen LogP contribution in [0, 0.1) is 0 Å². The number of amides is 1. The predicted molar refractivity (Wildman–Crippen MR) is 100 cm³/mol. The Morgan fingerprint density at radius 3 is 2.63 bits per heavy atom. The smallest absolute Gasteiger partial charge is 0.278 e. The van der Waals surface area contributed by atoms with E-state index in [2.05, 4.69) is 10.3 Å². The van der Waals surface area contributed by atoms with Crippen molar-refractivity contribution in [1.82, 2.24) is 19.9 Å². The van der Waals surface area contributed by atoms with E-state index in [-0.39, 0.29) is 24.1 Å². The van der Waals surface area contributed by atoms with Crippen molar-refractivity contribution in [3.05, 3.63) is 64.4 Å². The number of methoxy groups -OCH3 is 1. The van der Waals surface area contributed by atoms with Crippen LogP contribution >= 0.6 is 0 Å². The molecule has 1 aromatic heterocycles. The summed E-state index contributed by atoms with van der Waals surface area (Å²) in [4.78, 5) is 27.3. The zero-order valence-corrected chi connectivity index (χ0v) is 15.0. The molecule has 0 bridgehead atoms. The summed E-state index contributed by atoms with van der Waals surface area (Å²) >= 11 is 0. The van der Waals surface area contributed by atoms with E-state index in [1.807, 2.05) is 29.2 Å². The maximum absolute atomic E-state index is 12.9. The van der Waals surface area contributed by atoms with Gasteiger partial charge in [-0.2, -0.15) is 0 Å². The summed E-state index contributed by atoms with van der Waals surface area (Å²) in [5.41, 5.74) is 1.26. The molecule has 138 valence electrons. The molecule has 7 heteroatoms. The molecule has 0 N–H and O–H groups in total. The standard InChI is InChI=1S/C20H20N4O3/c1-27-16-10-6-14(7-11-16)12-23(15-8-9-15)19(25)13-24-20(26)17-4-2-3-5-18(17)21-22-24/h2-7,10-11,15H,8-9,12-13H2,1H3. The van der Waals surface area contributed by atoms with Crippen molar-refractivity contribution in [1.29, 1.82) is 0 Å². The van der Waals surface area contributed by atoms with Crippen molar-refractivity contribution in [2.75, 3.05) is 7.11 Å². The molecule has 1 aliphatic rings. The molecular weight excluding hydrogens is 344 g/mol. The van der Waals surface area contributed by atoms with Crippen molar-refractivity contribution in [2.24, 2.45) is 0 Å². The monoisotopic (exact) mass is 364 g/mol. The average molecular weight is 364 g/mol. The molecule has 27 heavy (non-hydrogen) atoms. The Hall–Kier alpha value is -3.22. The lowest BCUT2D eigenvalue weighted by Crippen LogP contribution is -2.38. The van der Waals surface area contributed by atoms with Gasteiger partial charge in [0, 0.05) is 12.6 Å².